The average molecular weight is 349 g/mol. The molecule has 2 unspecified atom stereocenters. The molecule has 5 rings (SSSR count). The lowest BCUT2D eigenvalue weighted by atomic mass is 9.95. The van der Waals surface area contributed by atoms with Crippen LogP contribution in [0.15, 0.2) is 30.5 Å². The van der Waals surface area contributed by atoms with Gasteiger partial charge in [0.05, 0.1) is 5.56 Å². The van der Waals surface area contributed by atoms with Crippen LogP contribution in [0.5, 0.6) is 0 Å². The van der Waals surface area contributed by atoms with Gasteiger partial charge < -0.3 is 9.88 Å². The molecule has 3 saturated heterocycles. The summed E-state index contributed by atoms with van der Waals surface area (Å²) < 4.78 is 0. The maximum absolute atomic E-state index is 12.8. The van der Waals surface area contributed by atoms with Gasteiger partial charge in [-0.2, -0.15) is 5.26 Å². The summed E-state index contributed by atoms with van der Waals surface area (Å²) in [5.74, 6) is 0.528. The Morgan fingerprint density at radius 1 is 1.35 bits per heavy atom. The van der Waals surface area contributed by atoms with Gasteiger partial charge in [0.1, 0.15) is 11.8 Å². The van der Waals surface area contributed by atoms with Crippen LogP contribution in [0.25, 0.3) is 0 Å². The number of pyridine rings is 1. The number of carbonyl (C=O) groups is 1. The maximum atomic E-state index is 12.8. The van der Waals surface area contributed by atoms with Crippen LogP contribution in [0.2, 0.25) is 0 Å². The number of aromatic amines is 1. The lowest BCUT2D eigenvalue weighted by molar-refractivity contribution is 0.0730. The van der Waals surface area contributed by atoms with Crippen molar-refractivity contribution in [2.24, 2.45) is 5.92 Å². The number of H-pyrrole nitrogens is 1. The highest BCUT2D eigenvalue weighted by Crippen LogP contribution is 2.30. The highest BCUT2D eigenvalue weighted by molar-refractivity contribution is 5.92. The molecule has 0 radical (unpaired) electrons. The molecular weight excluding hydrogens is 326 g/mol. The van der Waals surface area contributed by atoms with Crippen LogP contribution in [0.1, 0.15) is 40.3 Å². The molecule has 3 fully saturated rings. The van der Waals surface area contributed by atoms with E-state index in [0.717, 1.165) is 44.0 Å². The topological polar surface area (TPSA) is 76.0 Å². The second-order valence-electron chi connectivity index (χ2n) is 7.40. The van der Waals surface area contributed by atoms with Crippen LogP contribution in [-0.4, -0.2) is 51.4 Å². The summed E-state index contributed by atoms with van der Waals surface area (Å²) in [5.41, 5.74) is 3.24. The summed E-state index contributed by atoms with van der Waals surface area (Å²) in [5, 5.41) is 9.16. The fourth-order valence-electron chi connectivity index (χ4n) is 4.24. The van der Waals surface area contributed by atoms with Crippen molar-refractivity contribution in [2.45, 2.75) is 32.4 Å². The third kappa shape index (κ3) is 3.23. The van der Waals surface area contributed by atoms with E-state index in [1.807, 2.05) is 30.0 Å². The predicted molar refractivity (Wildman–Crippen MR) is 97.3 cm³/mol. The number of aryl methyl sites for hydroxylation is 1. The molecule has 1 N–H and O–H groups in total. The van der Waals surface area contributed by atoms with Crippen molar-refractivity contribution in [1.29, 1.82) is 5.26 Å². The molecule has 134 valence electrons. The van der Waals surface area contributed by atoms with E-state index >= 15 is 0 Å². The van der Waals surface area contributed by atoms with Crippen molar-refractivity contribution in [3.63, 3.8) is 0 Å². The molecule has 2 aromatic rings. The number of nitrogens with zero attached hydrogens (tertiary/aromatic N) is 4. The zero-order valence-electron chi connectivity index (χ0n) is 15.0. The molecule has 2 atom stereocenters. The molecule has 0 aliphatic carbocycles. The normalized spacial score (nSPS) is 22.8. The van der Waals surface area contributed by atoms with E-state index in [9.17, 15) is 4.79 Å². The summed E-state index contributed by atoms with van der Waals surface area (Å²) in [6, 6.07) is 10.0. The lowest BCUT2D eigenvalue weighted by Crippen LogP contribution is -2.44. The fraction of sp³-hybridized carbons (Fsp3) is 0.450. The van der Waals surface area contributed by atoms with Gasteiger partial charge in [-0.1, -0.05) is 6.07 Å². The summed E-state index contributed by atoms with van der Waals surface area (Å²) in [6.45, 7) is 5.28. The van der Waals surface area contributed by atoms with Gasteiger partial charge in [-0.05, 0) is 43.9 Å². The number of carbonyl (C=O) groups excluding carboxylic acids is 1. The lowest BCUT2D eigenvalue weighted by Gasteiger charge is -2.35. The number of piperidine rings is 1. The minimum atomic E-state index is 0.0341. The first kappa shape index (κ1) is 16.8. The number of nitriles is 1. The SMILES string of the molecule is Cc1[nH]c(CN2CC3CCC2CN(C(=O)c2ccccn2)C3)cc1C#N. The zero-order chi connectivity index (χ0) is 18.1. The first-order chi connectivity index (χ1) is 12.6. The molecule has 0 aromatic carbocycles. The van der Waals surface area contributed by atoms with Gasteiger partial charge in [-0.25, -0.2) is 0 Å². The number of amides is 1. The van der Waals surface area contributed by atoms with Gasteiger partial charge in [0.15, 0.2) is 0 Å². The summed E-state index contributed by atoms with van der Waals surface area (Å²) in [6.07, 6.45) is 3.95. The number of nitrogens with one attached hydrogen (secondary N) is 1. The van der Waals surface area contributed by atoms with Gasteiger partial charge in [-0.15, -0.1) is 0 Å². The second kappa shape index (κ2) is 6.93. The van der Waals surface area contributed by atoms with E-state index in [1.165, 1.54) is 6.42 Å². The standard InChI is InChI=1S/C20H23N5O/c1-14-16(9-21)8-17(23-14)12-24-10-15-5-6-18(24)13-25(11-15)20(26)19-4-2-3-7-22-19/h2-4,7-8,15,18,23H,5-6,10-13H2,1H3. The largest absolute Gasteiger partial charge is 0.360 e. The molecule has 26 heavy (non-hydrogen) atoms. The molecule has 0 saturated carbocycles. The Labute approximate surface area is 153 Å². The number of rotatable bonds is 3. The number of fused-ring (bicyclic) bond motifs is 4. The fourth-order valence-corrected chi connectivity index (χ4v) is 4.24. The van der Waals surface area contributed by atoms with Gasteiger partial charge in [0.2, 0.25) is 0 Å². The number of hydrogen-bond acceptors (Lipinski definition) is 4. The Kier molecular flexibility index (Phi) is 4.48. The highest BCUT2D eigenvalue weighted by Gasteiger charge is 2.37. The van der Waals surface area contributed by atoms with E-state index < -0.39 is 0 Å². The minimum absolute atomic E-state index is 0.0341. The van der Waals surface area contributed by atoms with Crippen LogP contribution in [0, 0.1) is 24.2 Å². The molecule has 0 spiro atoms. The minimum Gasteiger partial charge on any atom is -0.360 e. The zero-order valence-corrected chi connectivity index (χ0v) is 15.0. The van der Waals surface area contributed by atoms with Crippen LogP contribution < -0.4 is 0 Å². The van der Waals surface area contributed by atoms with E-state index in [-0.39, 0.29) is 5.91 Å². The van der Waals surface area contributed by atoms with Crippen molar-refractivity contribution in [3.8, 4) is 6.07 Å². The number of aromatic nitrogens is 2. The van der Waals surface area contributed by atoms with Gasteiger partial charge >= 0.3 is 0 Å². The molecule has 2 aromatic heterocycles. The summed E-state index contributed by atoms with van der Waals surface area (Å²) in [7, 11) is 0. The van der Waals surface area contributed by atoms with Gasteiger partial charge in [0, 0.05) is 49.8 Å². The van der Waals surface area contributed by atoms with Crippen molar-refractivity contribution in [1.82, 2.24) is 19.8 Å². The van der Waals surface area contributed by atoms with E-state index in [0.29, 0.717) is 23.2 Å². The summed E-state index contributed by atoms with van der Waals surface area (Å²) in [4.78, 5) is 24.8. The van der Waals surface area contributed by atoms with Crippen LogP contribution in [0.3, 0.4) is 0 Å². The Balaban J connectivity index is 1.49. The Bertz CT molecular complexity index is 838. The Morgan fingerprint density at radius 2 is 2.23 bits per heavy atom. The van der Waals surface area contributed by atoms with Crippen LogP contribution in [0.4, 0.5) is 0 Å². The smallest absolute Gasteiger partial charge is 0.272 e. The third-order valence-electron chi connectivity index (χ3n) is 5.56. The van der Waals surface area contributed by atoms with Gasteiger partial charge in [0.25, 0.3) is 5.91 Å². The highest BCUT2D eigenvalue weighted by atomic mass is 16.2. The molecule has 2 bridgehead atoms. The van der Waals surface area contributed by atoms with Crippen LogP contribution >= 0.6 is 0 Å². The van der Waals surface area contributed by atoms with Crippen molar-refractivity contribution in [2.75, 3.05) is 19.6 Å². The monoisotopic (exact) mass is 349 g/mol. The van der Waals surface area contributed by atoms with Crippen molar-refractivity contribution in [3.05, 3.63) is 53.1 Å². The van der Waals surface area contributed by atoms with Crippen molar-refractivity contribution < 1.29 is 4.79 Å². The predicted octanol–water partition coefficient (Wildman–Crippen LogP) is 2.33. The summed E-state index contributed by atoms with van der Waals surface area (Å²) >= 11 is 0. The van der Waals surface area contributed by atoms with E-state index in [4.69, 9.17) is 5.26 Å². The van der Waals surface area contributed by atoms with E-state index in [2.05, 4.69) is 20.9 Å². The Hall–Kier alpha value is -2.65. The molecule has 1 amide bonds. The third-order valence-corrected chi connectivity index (χ3v) is 5.56. The Morgan fingerprint density at radius 3 is 2.96 bits per heavy atom. The molecule has 3 aliphatic heterocycles. The van der Waals surface area contributed by atoms with E-state index in [1.54, 1.807) is 12.3 Å². The molecule has 5 heterocycles. The first-order valence-electron chi connectivity index (χ1n) is 9.17. The molecular formula is C20H23N5O. The number of hydrogen-bond donors (Lipinski definition) is 1. The maximum Gasteiger partial charge on any atom is 0.272 e. The molecule has 6 nitrogen and oxygen atoms in total. The first-order valence-corrected chi connectivity index (χ1v) is 9.17. The quantitative estimate of drug-likeness (QED) is 0.923. The molecule has 3 aliphatic rings. The second-order valence-corrected chi connectivity index (χ2v) is 7.40. The van der Waals surface area contributed by atoms with Crippen molar-refractivity contribution >= 4 is 5.91 Å². The molecule has 6 heteroatoms. The average Bonchev–Trinajstić information content (AvgIpc) is 2.82. The van der Waals surface area contributed by atoms with Gasteiger partial charge in [-0.3, -0.25) is 14.7 Å². The van der Waals surface area contributed by atoms with Crippen LogP contribution in [-0.2, 0) is 6.54 Å².